The lowest BCUT2D eigenvalue weighted by atomic mass is 10.3. The Labute approximate surface area is 156 Å². The Morgan fingerprint density at radius 2 is 2.07 bits per heavy atom. The van der Waals surface area contributed by atoms with Gasteiger partial charge in [-0.2, -0.15) is 13.7 Å². The van der Waals surface area contributed by atoms with Crippen molar-refractivity contribution in [1.82, 2.24) is 14.3 Å². The second kappa shape index (κ2) is 7.73. The highest BCUT2D eigenvalue weighted by Crippen LogP contribution is 2.30. The van der Waals surface area contributed by atoms with E-state index in [4.69, 9.17) is 9.47 Å². The quantitative estimate of drug-likeness (QED) is 0.741. The maximum atomic E-state index is 14.2. The second-order valence-electron chi connectivity index (χ2n) is 5.98. The average Bonchev–Trinajstić information content (AvgIpc) is 3.13. The van der Waals surface area contributed by atoms with Crippen LogP contribution >= 0.6 is 0 Å². The topological polar surface area (TPSA) is 81.6 Å². The van der Waals surface area contributed by atoms with Gasteiger partial charge in [-0.3, -0.25) is 0 Å². The maximum absolute atomic E-state index is 14.2. The molecule has 1 aromatic carbocycles. The Balaban J connectivity index is 1.79. The normalized spacial score (nSPS) is 17.9. The number of halogens is 2. The lowest BCUT2D eigenvalue weighted by Crippen LogP contribution is -2.31. The smallest absolute Gasteiger partial charge is 0.254 e. The van der Waals surface area contributed by atoms with Crippen LogP contribution in [-0.4, -0.2) is 49.0 Å². The molecule has 0 spiro atoms. The molecule has 0 N–H and O–H groups in total. The summed E-state index contributed by atoms with van der Waals surface area (Å²) in [5, 5.41) is 0. The maximum Gasteiger partial charge on any atom is 0.254 e. The largest absolute Gasteiger partial charge is 0.495 e. The molecule has 0 amide bonds. The molecule has 2 heterocycles. The van der Waals surface area contributed by atoms with Crippen molar-refractivity contribution in [1.29, 1.82) is 0 Å². The van der Waals surface area contributed by atoms with Crippen LogP contribution < -0.4 is 9.47 Å². The molecule has 146 valence electrons. The highest BCUT2D eigenvalue weighted by Gasteiger charge is 2.36. The molecule has 1 aliphatic heterocycles. The molecule has 1 aliphatic rings. The number of aromatic nitrogens is 2. The summed E-state index contributed by atoms with van der Waals surface area (Å²) < 4.78 is 65.3. The van der Waals surface area contributed by atoms with E-state index in [-0.39, 0.29) is 35.3 Å². The van der Waals surface area contributed by atoms with Crippen LogP contribution in [0.4, 0.5) is 8.78 Å². The highest BCUT2D eigenvalue weighted by atomic mass is 32.2. The van der Waals surface area contributed by atoms with E-state index in [1.54, 1.807) is 6.92 Å². The Morgan fingerprint density at radius 3 is 2.78 bits per heavy atom. The SMILES string of the molecule is CCc1ncnc(O[C@@H]2CCN(S(=O)(=O)c3cc(F)ccc3OC)C2)c1F. The van der Waals surface area contributed by atoms with Gasteiger partial charge >= 0.3 is 0 Å². The van der Waals surface area contributed by atoms with E-state index in [1.165, 1.54) is 19.5 Å². The van der Waals surface area contributed by atoms with Crippen LogP contribution in [0.5, 0.6) is 11.6 Å². The van der Waals surface area contributed by atoms with Gasteiger partial charge in [0.05, 0.1) is 19.3 Å². The molecule has 0 unspecified atom stereocenters. The summed E-state index contributed by atoms with van der Waals surface area (Å²) in [6.07, 6.45) is 1.36. The van der Waals surface area contributed by atoms with Crippen LogP contribution in [-0.2, 0) is 16.4 Å². The van der Waals surface area contributed by atoms with Gasteiger partial charge in [0, 0.05) is 6.54 Å². The Morgan fingerprint density at radius 1 is 1.30 bits per heavy atom. The third-order valence-corrected chi connectivity index (χ3v) is 6.18. The van der Waals surface area contributed by atoms with Crippen LogP contribution in [0.25, 0.3) is 0 Å². The zero-order valence-corrected chi connectivity index (χ0v) is 15.7. The molecule has 0 aliphatic carbocycles. The van der Waals surface area contributed by atoms with Gasteiger partial charge in [-0.1, -0.05) is 6.92 Å². The molecular weight excluding hydrogens is 380 g/mol. The first-order chi connectivity index (χ1) is 12.9. The van der Waals surface area contributed by atoms with Crippen molar-refractivity contribution in [3.05, 3.63) is 41.9 Å². The van der Waals surface area contributed by atoms with E-state index < -0.39 is 27.8 Å². The van der Waals surface area contributed by atoms with E-state index in [1.807, 2.05) is 0 Å². The monoisotopic (exact) mass is 399 g/mol. The fourth-order valence-corrected chi connectivity index (χ4v) is 4.53. The van der Waals surface area contributed by atoms with Crippen molar-refractivity contribution in [3.8, 4) is 11.6 Å². The van der Waals surface area contributed by atoms with Crippen LogP contribution in [0, 0.1) is 11.6 Å². The Bertz CT molecular complexity index is 940. The molecule has 1 saturated heterocycles. The molecule has 1 atom stereocenters. The third-order valence-electron chi connectivity index (χ3n) is 4.29. The number of rotatable bonds is 6. The number of methoxy groups -OCH3 is 1. The van der Waals surface area contributed by atoms with Crippen molar-refractivity contribution in [3.63, 3.8) is 0 Å². The van der Waals surface area contributed by atoms with Gasteiger partial charge < -0.3 is 9.47 Å². The predicted octanol–water partition coefficient (Wildman–Crippen LogP) is 2.17. The molecule has 3 rings (SSSR count). The second-order valence-corrected chi connectivity index (χ2v) is 7.89. The lowest BCUT2D eigenvalue weighted by Gasteiger charge is -2.19. The van der Waals surface area contributed by atoms with E-state index in [0.717, 1.165) is 16.4 Å². The number of benzene rings is 1. The van der Waals surface area contributed by atoms with E-state index in [2.05, 4.69) is 9.97 Å². The number of hydrogen-bond donors (Lipinski definition) is 0. The molecule has 1 aromatic heterocycles. The summed E-state index contributed by atoms with van der Waals surface area (Å²) in [7, 11) is -2.68. The van der Waals surface area contributed by atoms with Gasteiger partial charge in [0.2, 0.25) is 15.8 Å². The molecule has 0 saturated carbocycles. The van der Waals surface area contributed by atoms with Crippen molar-refractivity contribution < 1.29 is 26.7 Å². The van der Waals surface area contributed by atoms with Crippen molar-refractivity contribution in [2.45, 2.75) is 30.8 Å². The molecule has 0 radical (unpaired) electrons. The van der Waals surface area contributed by atoms with E-state index in [0.29, 0.717) is 12.8 Å². The Hall–Kier alpha value is -2.33. The zero-order chi connectivity index (χ0) is 19.6. The summed E-state index contributed by atoms with van der Waals surface area (Å²) in [6, 6.07) is 3.30. The van der Waals surface area contributed by atoms with Gasteiger partial charge in [-0.05, 0) is 31.0 Å². The molecule has 2 aromatic rings. The summed E-state index contributed by atoms with van der Waals surface area (Å²) >= 11 is 0. The Kier molecular flexibility index (Phi) is 5.56. The van der Waals surface area contributed by atoms with Crippen molar-refractivity contribution in [2.75, 3.05) is 20.2 Å². The molecule has 10 heteroatoms. The zero-order valence-electron chi connectivity index (χ0n) is 14.9. The minimum absolute atomic E-state index is 0.00704. The summed E-state index contributed by atoms with van der Waals surface area (Å²) in [5.41, 5.74) is 0.229. The molecule has 27 heavy (non-hydrogen) atoms. The van der Waals surface area contributed by atoms with Crippen LogP contribution in [0.2, 0.25) is 0 Å². The number of aryl methyl sites for hydroxylation is 1. The van der Waals surface area contributed by atoms with Crippen molar-refractivity contribution >= 4 is 10.0 Å². The van der Waals surface area contributed by atoms with Crippen LogP contribution in [0.1, 0.15) is 19.0 Å². The van der Waals surface area contributed by atoms with Crippen LogP contribution in [0.15, 0.2) is 29.4 Å². The third kappa shape index (κ3) is 3.86. The molecule has 1 fully saturated rings. The minimum Gasteiger partial charge on any atom is -0.495 e. The van der Waals surface area contributed by atoms with E-state index >= 15 is 0 Å². The first-order valence-electron chi connectivity index (χ1n) is 8.36. The number of nitrogens with zero attached hydrogens (tertiary/aromatic N) is 3. The highest BCUT2D eigenvalue weighted by molar-refractivity contribution is 7.89. The molecule has 7 nitrogen and oxygen atoms in total. The first kappa shape index (κ1) is 19.4. The van der Waals surface area contributed by atoms with Gasteiger partial charge in [0.1, 0.15) is 28.9 Å². The summed E-state index contributed by atoms with van der Waals surface area (Å²) in [4.78, 5) is 7.36. The van der Waals surface area contributed by atoms with Gasteiger partial charge in [0.25, 0.3) is 5.88 Å². The average molecular weight is 399 g/mol. The van der Waals surface area contributed by atoms with Gasteiger partial charge in [-0.15, -0.1) is 0 Å². The van der Waals surface area contributed by atoms with Crippen LogP contribution in [0.3, 0.4) is 0 Å². The lowest BCUT2D eigenvalue weighted by molar-refractivity contribution is 0.195. The molecule has 0 bridgehead atoms. The number of ether oxygens (including phenoxy) is 2. The van der Waals surface area contributed by atoms with Gasteiger partial charge in [0.15, 0.2) is 0 Å². The predicted molar refractivity (Wildman–Crippen MR) is 92.1 cm³/mol. The summed E-state index contributed by atoms with van der Waals surface area (Å²) in [5.74, 6) is -1.48. The summed E-state index contributed by atoms with van der Waals surface area (Å²) in [6.45, 7) is 1.90. The number of sulfonamides is 1. The molecular formula is C17H19F2N3O4S. The fourth-order valence-electron chi connectivity index (χ4n) is 2.88. The van der Waals surface area contributed by atoms with Gasteiger partial charge in [-0.25, -0.2) is 17.8 Å². The van der Waals surface area contributed by atoms with Crippen molar-refractivity contribution in [2.24, 2.45) is 0 Å². The first-order valence-corrected chi connectivity index (χ1v) is 9.80. The minimum atomic E-state index is -3.99. The number of hydrogen-bond acceptors (Lipinski definition) is 6. The van der Waals surface area contributed by atoms with E-state index in [9.17, 15) is 17.2 Å². The fraction of sp³-hybridized carbons (Fsp3) is 0.412. The standard InChI is InChI=1S/C17H19F2N3O4S/c1-3-13-16(19)17(21-10-20-13)26-12-6-7-22(9-12)27(23,24)15-8-11(18)4-5-14(15)25-2/h4-5,8,10,12H,3,6-7,9H2,1-2H3/t12-/m1/s1.